The van der Waals surface area contributed by atoms with Crippen molar-refractivity contribution < 1.29 is 33.0 Å². The molecule has 12 heteroatoms. The lowest BCUT2D eigenvalue weighted by molar-refractivity contribution is -0.137. The second-order valence-corrected chi connectivity index (χ2v) is 8.03. The van der Waals surface area contributed by atoms with E-state index < -0.39 is 17.6 Å². The van der Waals surface area contributed by atoms with Crippen LogP contribution in [0.4, 0.5) is 10.1 Å². The van der Waals surface area contributed by atoms with Crippen molar-refractivity contribution in [3.05, 3.63) is 52.3 Å². The van der Waals surface area contributed by atoms with Gasteiger partial charge in [-0.3, -0.25) is 14.4 Å². The normalized spacial score (nSPS) is 13.4. The van der Waals surface area contributed by atoms with Crippen molar-refractivity contribution in [3.8, 4) is 11.5 Å². The van der Waals surface area contributed by atoms with Gasteiger partial charge in [0.05, 0.1) is 36.2 Å². The first kappa shape index (κ1) is 26.1. The fourth-order valence-electron chi connectivity index (χ4n) is 3.06. The minimum atomic E-state index is -1.07. The lowest BCUT2D eigenvalue weighted by Crippen LogP contribution is -2.43. The van der Waals surface area contributed by atoms with Crippen molar-refractivity contribution in [1.82, 2.24) is 10.3 Å². The van der Waals surface area contributed by atoms with Crippen molar-refractivity contribution in [1.29, 1.82) is 0 Å². The number of carbonyl (C=O) groups is 3. The molecule has 1 aliphatic heterocycles. The average Bonchev–Trinajstić information content (AvgIpc) is 2.85. The highest BCUT2D eigenvalue weighted by Crippen LogP contribution is 2.36. The number of nitrogens with zero attached hydrogens (tertiary/aromatic N) is 2. The fourth-order valence-corrected chi connectivity index (χ4v) is 3.64. The van der Waals surface area contributed by atoms with Crippen LogP contribution in [-0.4, -0.2) is 68.4 Å². The SMILES string of the molecule is CCOc1cc(/C=N\NC(=O)C(=O)Nc2ccccc2F)cc(Br)c1OCC(=O)N1CCOCC1. The zero-order chi connectivity index (χ0) is 25.2. The molecule has 0 aliphatic carbocycles. The average molecular weight is 551 g/mol. The summed E-state index contributed by atoms with van der Waals surface area (Å²) in [5.74, 6) is -2.27. The first-order valence-corrected chi connectivity index (χ1v) is 11.5. The highest BCUT2D eigenvalue weighted by Gasteiger charge is 2.20. The number of hydrogen-bond donors (Lipinski definition) is 2. The van der Waals surface area contributed by atoms with E-state index in [2.05, 4.69) is 31.8 Å². The number of benzene rings is 2. The Bertz CT molecular complexity index is 1110. The highest BCUT2D eigenvalue weighted by molar-refractivity contribution is 9.10. The van der Waals surface area contributed by atoms with Gasteiger partial charge in [0, 0.05) is 13.1 Å². The Morgan fingerprint density at radius 1 is 1.17 bits per heavy atom. The standard InChI is InChI=1S/C23H24BrFN4O6/c1-2-34-19-12-15(11-16(24)21(19)35-14-20(30)29-7-9-33-10-8-29)13-26-28-23(32)22(31)27-18-6-4-3-5-17(18)25/h3-6,11-13H,2,7-10,14H2,1H3,(H,27,31)(H,28,32)/b26-13-. The van der Waals surface area contributed by atoms with Gasteiger partial charge in [-0.2, -0.15) is 5.10 Å². The highest BCUT2D eigenvalue weighted by atomic mass is 79.9. The van der Waals surface area contributed by atoms with Crippen molar-refractivity contribution >= 4 is 45.6 Å². The summed E-state index contributed by atoms with van der Waals surface area (Å²) in [6.07, 6.45) is 1.30. The van der Waals surface area contributed by atoms with Crippen LogP contribution in [0.15, 0.2) is 46.0 Å². The van der Waals surface area contributed by atoms with Gasteiger partial charge in [-0.1, -0.05) is 12.1 Å². The molecule has 2 N–H and O–H groups in total. The summed E-state index contributed by atoms with van der Waals surface area (Å²) in [6, 6.07) is 8.72. The number of anilines is 1. The number of hydrazone groups is 1. The second-order valence-electron chi connectivity index (χ2n) is 7.18. The third-order valence-electron chi connectivity index (χ3n) is 4.74. The van der Waals surface area contributed by atoms with E-state index in [1.807, 2.05) is 0 Å². The zero-order valence-electron chi connectivity index (χ0n) is 18.9. The van der Waals surface area contributed by atoms with Crippen LogP contribution in [0.3, 0.4) is 0 Å². The number of para-hydroxylation sites is 1. The van der Waals surface area contributed by atoms with E-state index in [1.165, 1.54) is 24.4 Å². The van der Waals surface area contributed by atoms with Gasteiger partial charge in [-0.05, 0) is 52.7 Å². The quantitative estimate of drug-likeness (QED) is 0.296. The van der Waals surface area contributed by atoms with Gasteiger partial charge in [0.1, 0.15) is 5.82 Å². The monoisotopic (exact) mass is 550 g/mol. The molecule has 0 saturated carbocycles. The summed E-state index contributed by atoms with van der Waals surface area (Å²) in [6.45, 7) is 3.99. The molecular formula is C23H24BrFN4O6. The van der Waals surface area contributed by atoms with Crippen LogP contribution in [0, 0.1) is 5.82 Å². The minimum Gasteiger partial charge on any atom is -0.490 e. The molecule has 1 fully saturated rings. The molecule has 35 heavy (non-hydrogen) atoms. The van der Waals surface area contributed by atoms with Crippen LogP contribution in [-0.2, 0) is 19.1 Å². The number of nitrogens with one attached hydrogen (secondary N) is 2. The Kier molecular flexibility index (Phi) is 9.56. The largest absolute Gasteiger partial charge is 0.490 e. The Morgan fingerprint density at radius 3 is 2.63 bits per heavy atom. The summed E-state index contributed by atoms with van der Waals surface area (Å²) in [5.41, 5.74) is 2.48. The molecule has 0 aromatic heterocycles. The second kappa shape index (κ2) is 12.8. The van der Waals surface area contributed by atoms with Crippen LogP contribution in [0.2, 0.25) is 0 Å². The number of hydrogen-bond acceptors (Lipinski definition) is 7. The third kappa shape index (κ3) is 7.49. The molecule has 1 heterocycles. The van der Waals surface area contributed by atoms with E-state index in [0.717, 1.165) is 6.07 Å². The lowest BCUT2D eigenvalue weighted by atomic mass is 10.2. The van der Waals surface area contributed by atoms with Crippen molar-refractivity contribution in [3.63, 3.8) is 0 Å². The smallest absolute Gasteiger partial charge is 0.329 e. The van der Waals surface area contributed by atoms with E-state index in [1.54, 1.807) is 24.0 Å². The van der Waals surface area contributed by atoms with Gasteiger partial charge in [0.25, 0.3) is 5.91 Å². The fraction of sp³-hybridized carbons (Fsp3) is 0.304. The summed E-state index contributed by atoms with van der Waals surface area (Å²) in [4.78, 5) is 38.0. The van der Waals surface area contributed by atoms with Gasteiger partial charge < -0.3 is 24.4 Å². The Morgan fingerprint density at radius 2 is 1.91 bits per heavy atom. The van der Waals surface area contributed by atoms with Crippen LogP contribution < -0.4 is 20.2 Å². The van der Waals surface area contributed by atoms with Crippen LogP contribution in [0.5, 0.6) is 11.5 Å². The summed E-state index contributed by atoms with van der Waals surface area (Å²) >= 11 is 3.40. The molecule has 0 unspecified atom stereocenters. The summed E-state index contributed by atoms with van der Waals surface area (Å²) in [7, 11) is 0. The topological polar surface area (TPSA) is 119 Å². The number of carbonyl (C=O) groups excluding carboxylic acids is 3. The van der Waals surface area contributed by atoms with Crippen LogP contribution in [0.1, 0.15) is 12.5 Å². The molecule has 1 saturated heterocycles. The van der Waals surface area contributed by atoms with E-state index in [4.69, 9.17) is 14.2 Å². The van der Waals surface area contributed by atoms with Gasteiger partial charge in [-0.25, -0.2) is 9.82 Å². The summed E-state index contributed by atoms with van der Waals surface area (Å²) in [5, 5.41) is 5.93. The maximum atomic E-state index is 13.6. The van der Waals surface area contributed by atoms with E-state index in [0.29, 0.717) is 54.4 Å². The molecule has 0 bridgehead atoms. The number of ether oxygens (including phenoxy) is 3. The van der Waals surface area contributed by atoms with Crippen molar-refractivity contribution in [2.45, 2.75) is 6.92 Å². The maximum absolute atomic E-state index is 13.6. The minimum absolute atomic E-state index is 0.121. The Hall–Kier alpha value is -3.51. The van der Waals surface area contributed by atoms with E-state index >= 15 is 0 Å². The molecule has 3 amide bonds. The molecule has 3 rings (SSSR count). The summed E-state index contributed by atoms with van der Waals surface area (Å²) < 4.78 is 30.7. The van der Waals surface area contributed by atoms with Gasteiger partial charge in [0.2, 0.25) is 0 Å². The first-order chi connectivity index (χ1) is 16.9. The predicted molar refractivity (Wildman–Crippen MR) is 129 cm³/mol. The molecule has 2 aromatic rings. The Balaban J connectivity index is 1.61. The molecule has 186 valence electrons. The molecule has 2 aromatic carbocycles. The number of amides is 3. The van der Waals surface area contributed by atoms with E-state index in [-0.39, 0.29) is 18.2 Å². The van der Waals surface area contributed by atoms with Gasteiger partial charge in [-0.15, -0.1) is 0 Å². The number of halogens is 2. The third-order valence-corrected chi connectivity index (χ3v) is 5.33. The maximum Gasteiger partial charge on any atom is 0.329 e. The predicted octanol–water partition coefficient (Wildman–Crippen LogP) is 2.31. The van der Waals surface area contributed by atoms with E-state index in [9.17, 15) is 18.8 Å². The molecule has 0 radical (unpaired) electrons. The van der Waals surface area contributed by atoms with Gasteiger partial charge >= 0.3 is 11.8 Å². The van der Waals surface area contributed by atoms with Crippen molar-refractivity contribution in [2.24, 2.45) is 5.10 Å². The lowest BCUT2D eigenvalue weighted by Gasteiger charge is -2.27. The first-order valence-electron chi connectivity index (χ1n) is 10.7. The zero-order valence-corrected chi connectivity index (χ0v) is 20.5. The molecule has 10 nitrogen and oxygen atoms in total. The van der Waals surface area contributed by atoms with Gasteiger partial charge in [0.15, 0.2) is 18.1 Å². The van der Waals surface area contributed by atoms with Crippen LogP contribution >= 0.6 is 15.9 Å². The Labute approximate surface area is 209 Å². The number of morpholine rings is 1. The molecule has 0 atom stereocenters. The molecular weight excluding hydrogens is 527 g/mol. The molecule has 1 aliphatic rings. The van der Waals surface area contributed by atoms with Crippen LogP contribution in [0.25, 0.3) is 0 Å². The number of rotatable bonds is 8. The molecule has 0 spiro atoms. The van der Waals surface area contributed by atoms with Crippen molar-refractivity contribution in [2.75, 3.05) is 44.8 Å².